The molecule has 0 aliphatic heterocycles. The first-order chi connectivity index (χ1) is 6.27. The first-order valence-electron chi connectivity index (χ1n) is 4.06. The predicted molar refractivity (Wildman–Crippen MR) is 67.0 cm³/mol. The molecule has 0 bridgehead atoms. The molecule has 0 radical (unpaired) electrons. The van der Waals surface area contributed by atoms with Gasteiger partial charge in [-0.05, 0) is 22.9 Å². The largest absolute Gasteiger partial charge is 0.366 e. The Morgan fingerprint density at radius 3 is 2.13 bits per heavy atom. The monoisotopic (exact) mass is 243 g/mol. The third-order valence-corrected chi connectivity index (χ3v) is 2.03. The number of primary amides is 1. The van der Waals surface area contributed by atoms with Crippen molar-refractivity contribution in [3.05, 3.63) is 48.0 Å². The van der Waals surface area contributed by atoms with Crippen molar-refractivity contribution in [3.8, 4) is 0 Å². The highest BCUT2D eigenvalue weighted by atomic mass is 35.5. The zero-order chi connectivity index (χ0) is 9.26. The van der Waals surface area contributed by atoms with Crippen LogP contribution in [-0.2, 0) is 0 Å². The van der Waals surface area contributed by atoms with E-state index in [9.17, 15) is 4.79 Å². The second-order valence-corrected chi connectivity index (χ2v) is 2.93. The highest BCUT2D eigenvalue weighted by Crippen LogP contribution is 2.14. The summed E-state index contributed by atoms with van der Waals surface area (Å²) in [4.78, 5) is 10.9. The quantitative estimate of drug-likeness (QED) is 0.823. The lowest BCUT2D eigenvalue weighted by Crippen LogP contribution is -2.10. The fourth-order valence-electron chi connectivity index (χ4n) is 1.34. The second-order valence-electron chi connectivity index (χ2n) is 2.93. The van der Waals surface area contributed by atoms with Gasteiger partial charge in [0.25, 0.3) is 0 Å². The Hall–Kier alpha value is -1.25. The molecule has 0 aliphatic rings. The SMILES string of the molecule is Cl.Cl.NC(=O)c1ccc2ccccc2c1. The topological polar surface area (TPSA) is 43.1 Å². The minimum absolute atomic E-state index is 0. The molecule has 0 saturated heterocycles. The predicted octanol–water partition coefficient (Wildman–Crippen LogP) is 2.78. The van der Waals surface area contributed by atoms with E-state index in [-0.39, 0.29) is 30.7 Å². The average Bonchev–Trinajstić information content (AvgIpc) is 2.17. The summed E-state index contributed by atoms with van der Waals surface area (Å²) >= 11 is 0. The molecule has 2 rings (SSSR count). The van der Waals surface area contributed by atoms with Crippen molar-refractivity contribution in [1.29, 1.82) is 0 Å². The number of benzene rings is 2. The van der Waals surface area contributed by atoms with Gasteiger partial charge in [-0.2, -0.15) is 0 Å². The molecule has 2 N–H and O–H groups in total. The van der Waals surface area contributed by atoms with Crippen LogP contribution in [0.1, 0.15) is 10.4 Å². The summed E-state index contributed by atoms with van der Waals surface area (Å²) < 4.78 is 0. The number of hydrogen-bond donors (Lipinski definition) is 1. The van der Waals surface area contributed by atoms with Gasteiger partial charge in [0.05, 0.1) is 0 Å². The lowest BCUT2D eigenvalue weighted by molar-refractivity contribution is 0.100. The van der Waals surface area contributed by atoms with Crippen LogP contribution in [0.4, 0.5) is 0 Å². The van der Waals surface area contributed by atoms with Crippen molar-refractivity contribution >= 4 is 41.5 Å². The fourth-order valence-corrected chi connectivity index (χ4v) is 1.34. The Balaban J connectivity index is 0.000000980. The number of nitrogens with two attached hydrogens (primary N) is 1. The molecule has 1 amide bonds. The zero-order valence-electron chi connectivity index (χ0n) is 7.84. The molecular weight excluding hydrogens is 233 g/mol. The minimum atomic E-state index is -0.384. The Kier molecular flexibility index (Phi) is 5.12. The van der Waals surface area contributed by atoms with Crippen LogP contribution in [0.3, 0.4) is 0 Å². The van der Waals surface area contributed by atoms with Crippen LogP contribution in [0.15, 0.2) is 42.5 Å². The van der Waals surface area contributed by atoms with Gasteiger partial charge in [-0.25, -0.2) is 0 Å². The Morgan fingerprint density at radius 1 is 0.933 bits per heavy atom. The maximum Gasteiger partial charge on any atom is 0.248 e. The lowest BCUT2D eigenvalue weighted by atomic mass is 10.1. The lowest BCUT2D eigenvalue weighted by Gasteiger charge is -1.98. The molecule has 15 heavy (non-hydrogen) atoms. The molecule has 0 atom stereocenters. The van der Waals surface area contributed by atoms with Gasteiger partial charge in [-0.15, -0.1) is 24.8 Å². The van der Waals surface area contributed by atoms with Crippen LogP contribution in [0.5, 0.6) is 0 Å². The number of hydrogen-bond acceptors (Lipinski definition) is 1. The molecule has 2 aromatic rings. The summed E-state index contributed by atoms with van der Waals surface area (Å²) in [5, 5.41) is 2.16. The standard InChI is InChI=1S/C11H9NO.2ClH/c12-11(13)10-6-5-8-3-1-2-4-9(8)7-10;;/h1-7H,(H2,12,13);2*1H. The number of amides is 1. The highest BCUT2D eigenvalue weighted by Gasteiger charge is 1.99. The van der Waals surface area contributed by atoms with Crippen molar-refractivity contribution < 1.29 is 4.79 Å². The van der Waals surface area contributed by atoms with Gasteiger partial charge in [-0.3, -0.25) is 4.79 Å². The third kappa shape index (κ3) is 2.85. The van der Waals surface area contributed by atoms with Crippen molar-refractivity contribution in [2.75, 3.05) is 0 Å². The molecule has 2 nitrogen and oxygen atoms in total. The number of rotatable bonds is 1. The van der Waals surface area contributed by atoms with Crippen molar-refractivity contribution in [1.82, 2.24) is 0 Å². The summed E-state index contributed by atoms with van der Waals surface area (Å²) in [6.45, 7) is 0. The smallest absolute Gasteiger partial charge is 0.248 e. The first kappa shape index (κ1) is 13.8. The van der Waals surface area contributed by atoms with E-state index in [1.807, 2.05) is 30.3 Å². The van der Waals surface area contributed by atoms with E-state index in [4.69, 9.17) is 5.73 Å². The Morgan fingerprint density at radius 2 is 1.53 bits per heavy atom. The maximum absolute atomic E-state index is 10.9. The molecule has 0 fully saturated rings. The number of carbonyl (C=O) groups is 1. The molecule has 0 saturated carbocycles. The van der Waals surface area contributed by atoms with Crippen LogP contribution in [0.25, 0.3) is 10.8 Å². The van der Waals surface area contributed by atoms with E-state index in [1.165, 1.54) is 0 Å². The van der Waals surface area contributed by atoms with E-state index in [2.05, 4.69) is 0 Å². The van der Waals surface area contributed by atoms with Crippen molar-refractivity contribution in [2.45, 2.75) is 0 Å². The highest BCUT2D eigenvalue weighted by molar-refractivity contribution is 5.97. The van der Waals surface area contributed by atoms with Crippen LogP contribution >= 0.6 is 24.8 Å². The van der Waals surface area contributed by atoms with E-state index in [0.717, 1.165) is 10.8 Å². The van der Waals surface area contributed by atoms with Gasteiger partial charge in [0.1, 0.15) is 0 Å². The van der Waals surface area contributed by atoms with Crippen LogP contribution < -0.4 is 5.73 Å². The van der Waals surface area contributed by atoms with E-state index in [0.29, 0.717) is 5.56 Å². The first-order valence-corrected chi connectivity index (χ1v) is 4.06. The molecule has 4 heteroatoms. The normalized spacial score (nSPS) is 8.80. The van der Waals surface area contributed by atoms with Gasteiger partial charge in [-0.1, -0.05) is 30.3 Å². The Bertz CT molecular complexity index is 471. The zero-order valence-corrected chi connectivity index (χ0v) is 9.48. The summed E-state index contributed by atoms with van der Waals surface area (Å²) in [5.41, 5.74) is 5.72. The molecule has 0 aromatic heterocycles. The van der Waals surface area contributed by atoms with E-state index >= 15 is 0 Å². The fraction of sp³-hybridized carbons (Fsp3) is 0. The van der Waals surface area contributed by atoms with Gasteiger partial charge in [0, 0.05) is 5.56 Å². The molecule has 0 unspecified atom stereocenters. The summed E-state index contributed by atoms with van der Waals surface area (Å²) in [5.74, 6) is -0.384. The van der Waals surface area contributed by atoms with E-state index < -0.39 is 0 Å². The molecule has 0 heterocycles. The molecule has 0 aliphatic carbocycles. The third-order valence-electron chi connectivity index (χ3n) is 2.03. The van der Waals surface area contributed by atoms with Crippen LogP contribution in [0.2, 0.25) is 0 Å². The van der Waals surface area contributed by atoms with Crippen LogP contribution in [-0.4, -0.2) is 5.91 Å². The average molecular weight is 244 g/mol. The summed E-state index contributed by atoms with van der Waals surface area (Å²) in [6.07, 6.45) is 0. The van der Waals surface area contributed by atoms with E-state index in [1.54, 1.807) is 12.1 Å². The second kappa shape index (κ2) is 5.59. The maximum atomic E-state index is 10.9. The molecular formula is C11H11Cl2NO. The minimum Gasteiger partial charge on any atom is -0.366 e. The number of fused-ring (bicyclic) bond motifs is 1. The summed E-state index contributed by atoms with van der Waals surface area (Å²) in [6, 6.07) is 13.3. The van der Waals surface area contributed by atoms with Crippen molar-refractivity contribution in [3.63, 3.8) is 0 Å². The Labute approximate surface area is 100 Å². The van der Waals surface area contributed by atoms with Gasteiger partial charge in [0.15, 0.2) is 0 Å². The number of halogens is 2. The van der Waals surface area contributed by atoms with Gasteiger partial charge in [0.2, 0.25) is 5.91 Å². The van der Waals surface area contributed by atoms with Gasteiger partial charge < -0.3 is 5.73 Å². The van der Waals surface area contributed by atoms with Crippen LogP contribution in [0, 0.1) is 0 Å². The molecule has 2 aromatic carbocycles. The molecule has 0 spiro atoms. The molecule has 80 valence electrons. The summed E-state index contributed by atoms with van der Waals surface area (Å²) in [7, 11) is 0. The number of carbonyl (C=O) groups excluding carboxylic acids is 1. The van der Waals surface area contributed by atoms with Gasteiger partial charge >= 0.3 is 0 Å². The van der Waals surface area contributed by atoms with Crippen molar-refractivity contribution in [2.24, 2.45) is 5.73 Å².